The van der Waals surface area contributed by atoms with Gasteiger partial charge in [0.2, 0.25) is 0 Å². The summed E-state index contributed by atoms with van der Waals surface area (Å²) in [6.07, 6.45) is 8.99. The van der Waals surface area contributed by atoms with E-state index >= 15 is 0 Å². The Morgan fingerprint density at radius 1 is 1.12 bits per heavy atom. The van der Waals surface area contributed by atoms with Crippen molar-refractivity contribution >= 4 is 5.78 Å². The quantitative estimate of drug-likeness (QED) is 0.748. The first kappa shape index (κ1) is 18.6. The molecule has 1 saturated heterocycles. The van der Waals surface area contributed by atoms with Gasteiger partial charge in [0, 0.05) is 29.6 Å². The van der Waals surface area contributed by atoms with Gasteiger partial charge in [-0.1, -0.05) is 25.8 Å². The molecule has 2 aliphatic rings. The number of aryl methyl sites for hydroxylation is 1. The third-order valence-electron chi connectivity index (χ3n) is 6.28. The lowest BCUT2D eigenvalue weighted by Gasteiger charge is -2.32. The summed E-state index contributed by atoms with van der Waals surface area (Å²) in [5.41, 5.74) is 2.39. The van der Waals surface area contributed by atoms with Crippen molar-refractivity contribution in [2.75, 3.05) is 19.6 Å². The highest BCUT2D eigenvalue weighted by Gasteiger charge is 2.25. The Morgan fingerprint density at radius 2 is 1.84 bits per heavy atom. The van der Waals surface area contributed by atoms with E-state index in [0.717, 1.165) is 56.9 Å². The normalized spacial score (nSPS) is 25.8. The number of ketones is 1. The first-order chi connectivity index (χ1) is 12.1. The van der Waals surface area contributed by atoms with Crippen LogP contribution in [0.15, 0.2) is 18.2 Å². The summed E-state index contributed by atoms with van der Waals surface area (Å²) in [5.74, 6) is 2.34. The number of hydrogen-bond donors (Lipinski definition) is 0. The molecule has 0 spiro atoms. The van der Waals surface area contributed by atoms with Crippen LogP contribution >= 0.6 is 0 Å². The molecule has 1 aromatic rings. The van der Waals surface area contributed by atoms with Crippen molar-refractivity contribution in [3.63, 3.8) is 0 Å². The van der Waals surface area contributed by atoms with Gasteiger partial charge in [0.25, 0.3) is 0 Å². The van der Waals surface area contributed by atoms with E-state index in [1.54, 1.807) is 0 Å². The Labute approximate surface area is 153 Å². The van der Waals surface area contributed by atoms with Gasteiger partial charge < -0.3 is 4.90 Å². The van der Waals surface area contributed by atoms with Crippen molar-refractivity contribution in [3.05, 3.63) is 29.6 Å². The summed E-state index contributed by atoms with van der Waals surface area (Å²) in [4.78, 5) is 19.6. The van der Waals surface area contributed by atoms with E-state index in [2.05, 4.69) is 36.9 Å². The molecule has 138 valence electrons. The molecule has 3 rings (SSSR count). The van der Waals surface area contributed by atoms with E-state index in [1.807, 2.05) is 0 Å². The first-order valence-corrected chi connectivity index (χ1v) is 10.3. The number of Topliss-reactive ketones (excluding diaryl/α,β-unsaturated/α-hetero) is 1. The second-order valence-electron chi connectivity index (χ2n) is 8.35. The van der Waals surface area contributed by atoms with Crippen molar-refractivity contribution in [1.29, 1.82) is 0 Å². The molecule has 3 heteroatoms. The molecule has 0 atom stereocenters. The number of carbonyl (C=O) groups excluding carboxylic acids is 1. The van der Waals surface area contributed by atoms with Crippen molar-refractivity contribution in [2.45, 2.75) is 71.1 Å². The van der Waals surface area contributed by atoms with E-state index in [1.165, 1.54) is 31.4 Å². The average Bonchev–Trinajstić information content (AvgIpc) is 2.63. The van der Waals surface area contributed by atoms with Crippen LogP contribution in [-0.4, -0.2) is 35.3 Å². The van der Waals surface area contributed by atoms with E-state index in [-0.39, 0.29) is 0 Å². The van der Waals surface area contributed by atoms with Gasteiger partial charge in [-0.2, -0.15) is 0 Å². The lowest BCUT2D eigenvalue weighted by atomic mass is 9.80. The highest BCUT2D eigenvalue weighted by Crippen LogP contribution is 2.30. The van der Waals surface area contributed by atoms with Crippen molar-refractivity contribution in [2.24, 2.45) is 11.8 Å². The monoisotopic (exact) mass is 342 g/mol. The molecule has 1 saturated carbocycles. The summed E-state index contributed by atoms with van der Waals surface area (Å²) < 4.78 is 0. The maximum atomic E-state index is 12.4. The van der Waals surface area contributed by atoms with Crippen LogP contribution in [0.3, 0.4) is 0 Å². The smallest absolute Gasteiger partial charge is 0.136 e. The van der Waals surface area contributed by atoms with Gasteiger partial charge in [0.15, 0.2) is 0 Å². The van der Waals surface area contributed by atoms with Crippen LogP contribution in [0.5, 0.6) is 0 Å². The van der Waals surface area contributed by atoms with Crippen molar-refractivity contribution < 1.29 is 4.79 Å². The fourth-order valence-corrected chi connectivity index (χ4v) is 4.51. The van der Waals surface area contributed by atoms with Gasteiger partial charge in [0.05, 0.1) is 0 Å². The average molecular weight is 343 g/mol. The van der Waals surface area contributed by atoms with Gasteiger partial charge in [-0.3, -0.25) is 9.78 Å². The molecular formula is C22H34N2O. The molecule has 1 aliphatic carbocycles. The van der Waals surface area contributed by atoms with E-state index < -0.39 is 0 Å². The minimum atomic E-state index is 0.370. The number of pyridine rings is 1. The van der Waals surface area contributed by atoms with Gasteiger partial charge >= 0.3 is 0 Å². The minimum Gasteiger partial charge on any atom is -0.303 e. The third-order valence-corrected chi connectivity index (χ3v) is 6.28. The summed E-state index contributed by atoms with van der Waals surface area (Å²) in [6.45, 7) is 7.77. The number of nitrogens with zero attached hydrogens (tertiary/aromatic N) is 2. The lowest BCUT2D eigenvalue weighted by molar-refractivity contribution is -0.124. The van der Waals surface area contributed by atoms with Gasteiger partial charge in [-0.05, 0) is 76.7 Å². The Bertz CT molecular complexity index is 555. The zero-order chi connectivity index (χ0) is 17.6. The molecule has 1 aliphatic heterocycles. The fourth-order valence-electron chi connectivity index (χ4n) is 4.51. The van der Waals surface area contributed by atoms with E-state index in [0.29, 0.717) is 17.6 Å². The van der Waals surface area contributed by atoms with Crippen molar-refractivity contribution in [3.8, 4) is 0 Å². The van der Waals surface area contributed by atoms with E-state index in [4.69, 9.17) is 4.98 Å². The van der Waals surface area contributed by atoms with Gasteiger partial charge in [-0.15, -0.1) is 0 Å². The molecule has 0 N–H and O–H groups in total. The summed E-state index contributed by atoms with van der Waals surface area (Å²) in [7, 11) is 0. The third kappa shape index (κ3) is 5.37. The number of aromatic nitrogens is 1. The summed E-state index contributed by atoms with van der Waals surface area (Å²) >= 11 is 0. The van der Waals surface area contributed by atoms with Crippen LogP contribution in [0.1, 0.15) is 75.6 Å². The Kier molecular flexibility index (Phi) is 6.63. The number of carbonyl (C=O) groups is 1. The largest absolute Gasteiger partial charge is 0.303 e. The molecule has 3 nitrogen and oxygen atoms in total. The predicted molar refractivity (Wildman–Crippen MR) is 103 cm³/mol. The number of piperidine rings is 1. The highest BCUT2D eigenvalue weighted by atomic mass is 16.1. The van der Waals surface area contributed by atoms with Crippen LogP contribution < -0.4 is 0 Å². The molecule has 1 aromatic heterocycles. The molecule has 0 aromatic carbocycles. The first-order valence-electron chi connectivity index (χ1n) is 10.3. The minimum absolute atomic E-state index is 0.370. The molecule has 2 heterocycles. The van der Waals surface area contributed by atoms with Crippen LogP contribution in [0.25, 0.3) is 0 Å². The van der Waals surface area contributed by atoms with E-state index in [9.17, 15) is 4.79 Å². The molecule has 25 heavy (non-hydrogen) atoms. The summed E-state index contributed by atoms with van der Waals surface area (Å²) in [6, 6.07) is 6.38. The Balaban J connectivity index is 1.35. The van der Waals surface area contributed by atoms with Crippen LogP contribution in [0, 0.1) is 18.8 Å². The summed E-state index contributed by atoms with van der Waals surface area (Å²) in [5, 5.41) is 0. The van der Waals surface area contributed by atoms with Crippen molar-refractivity contribution in [1.82, 2.24) is 9.88 Å². The second kappa shape index (κ2) is 8.93. The second-order valence-corrected chi connectivity index (χ2v) is 8.35. The van der Waals surface area contributed by atoms with Crippen LogP contribution in [0.4, 0.5) is 0 Å². The SMILES string of the molecule is Cc1cccc(C2CCN(CCCC(=O)C3CCC(C)CC3)CC2)n1. The zero-order valence-corrected chi connectivity index (χ0v) is 16.0. The molecule has 0 radical (unpaired) electrons. The molecule has 0 bridgehead atoms. The maximum Gasteiger partial charge on any atom is 0.136 e. The molecular weight excluding hydrogens is 308 g/mol. The highest BCUT2D eigenvalue weighted by molar-refractivity contribution is 5.81. The van der Waals surface area contributed by atoms with Gasteiger partial charge in [-0.25, -0.2) is 0 Å². The number of likely N-dealkylation sites (tertiary alicyclic amines) is 1. The lowest BCUT2D eigenvalue weighted by Crippen LogP contribution is -2.34. The number of hydrogen-bond acceptors (Lipinski definition) is 3. The van der Waals surface area contributed by atoms with Crippen LogP contribution in [0.2, 0.25) is 0 Å². The van der Waals surface area contributed by atoms with Crippen LogP contribution in [-0.2, 0) is 4.79 Å². The molecule has 2 fully saturated rings. The molecule has 0 unspecified atom stereocenters. The Hall–Kier alpha value is -1.22. The zero-order valence-electron chi connectivity index (χ0n) is 16.0. The Morgan fingerprint density at radius 3 is 2.52 bits per heavy atom. The fraction of sp³-hybridized carbons (Fsp3) is 0.727. The standard InChI is InChI=1S/C22H34N2O/c1-17-8-10-20(11-9-17)22(25)7-4-14-24-15-12-19(13-16-24)21-6-3-5-18(2)23-21/h3,5-6,17,19-20H,4,7-16H2,1-2H3. The topological polar surface area (TPSA) is 33.2 Å². The maximum absolute atomic E-state index is 12.4. The molecule has 0 amide bonds. The van der Waals surface area contributed by atoms with Gasteiger partial charge in [0.1, 0.15) is 5.78 Å². The number of rotatable bonds is 6. The predicted octanol–water partition coefficient (Wildman–Crippen LogP) is 4.75.